The van der Waals surface area contributed by atoms with E-state index >= 15 is 0 Å². The minimum atomic E-state index is 0.633. The first-order valence-corrected chi connectivity index (χ1v) is 12.7. The summed E-state index contributed by atoms with van der Waals surface area (Å²) in [5.41, 5.74) is 3.43. The predicted octanol–water partition coefficient (Wildman–Crippen LogP) is 4.03. The lowest BCUT2D eigenvalue weighted by molar-refractivity contribution is 0.0621. The molecule has 4 aliphatic rings. The van der Waals surface area contributed by atoms with Crippen molar-refractivity contribution < 1.29 is 0 Å². The molecule has 2 unspecified atom stereocenters. The van der Waals surface area contributed by atoms with Crippen molar-refractivity contribution in [2.45, 2.75) is 38.5 Å². The number of hydrogen-bond donors (Lipinski definition) is 1. The molecule has 2 aromatic rings. The molecular formula is C27H35N5. The van der Waals surface area contributed by atoms with Crippen LogP contribution in [0.15, 0.2) is 30.5 Å². The van der Waals surface area contributed by atoms with Crippen molar-refractivity contribution in [3.05, 3.63) is 36.0 Å². The SMILES string of the molecule is N#Cc1ccc(N2CC(CN3CCC4(CCNCC4)CC3)C(C3CC3)C2)c2cccnc12. The third kappa shape index (κ3) is 3.78. The second kappa shape index (κ2) is 8.32. The van der Waals surface area contributed by atoms with E-state index in [9.17, 15) is 5.26 Å². The molecule has 1 aromatic carbocycles. The van der Waals surface area contributed by atoms with Crippen LogP contribution in [0.2, 0.25) is 0 Å². The average Bonchev–Trinajstić information content (AvgIpc) is 3.61. The lowest BCUT2D eigenvalue weighted by atomic mass is 9.71. The molecule has 0 bridgehead atoms. The molecular weight excluding hydrogens is 394 g/mol. The number of nitrogens with one attached hydrogen (secondary N) is 1. The third-order valence-corrected chi connectivity index (χ3v) is 9.00. The number of anilines is 1. The minimum Gasteiger partial charge on any atom is -0.370 e. The smallest absolute Gasteiger partial charge is 0.101 e. The Labute approximate surface area is 191 Å². The van der Waals surface area contributed by atoms with Crippen LogP contribution in [0.5, 0.6) is 0 Å². The normalized spacial score (nSPS) is 28.3. The van der Waals surface area contributed by atoms with Gasteiger partial charge in [0.15, 0.2) is 0 Å². The highest BCUT2D eigenvalue weighted by Crippen LogP contribution is 2.47. The first-order chi connectivity index (χ1) is 15.7. The van der Waals surface area contributed by atoms with Crippen molar-refractivity contribution in [1.82, 2.24) is 15.2 Å². The summed E-state index contributed by atoms with van der Waals surface area (Å²) in [6.45, 7) is 8.58. The van der Waals surface area contributed by atoms with E-state index in [1.54, 1.807) is 6.20 Å². The van der Waals surface area contributed by atoms with Gasteiger partial charge in [-0.25, -0.2) is 0 Å². The number of rotatable bonds is 4. The van der Waals surface area contributed by atoms with E-state index in [1.807, 2.05) is 12.1 Å². The quantitative estimate of drug-likeness (QED) is 0.795. The fraction of sp³-hybridized carbons (Fsp3) is 0.630. The van der Waals surface area contributed by atoms with Gasteiger partial charge in [0, 0.05) is 36.9 Å². The molecule has 2 atom stereocenters. The molecule has 1 aliphatic carbocycles. The van der Waals surface area contributed by atoms with E-state index < -0.39 is 0 Å². The Kier molecular flexibility index (Phi) is 5.31. The highest BCUT2D eigenvalue weighted by Gasteiger charge is 2.44. The summed E-state index contributed by atoms with van der Waals surface area (Å²) in [4.78, 5) is 9.94. The van der Waals surface area contributed by atoms with Crippen molar-refractivity contribution in [2.75, 3.05) is 50.7 Å². The van der Waals surface area contributed by atoms with Gasteiger partial charge in [-0.05, 0) is 112 Å². The zero-order chi connectivity index (χ0) is 21.5. The maximum atomic E-state index is 9.52. The van der Waals surface area contributed by atoms with Crippen LogP contribution >= 0.6 is 0 Å². The molecule has 6 rings (SSSR count). The summed E-state index contributed by atoms with van der Waals surface area (Å²) in [5, 5.41) is 14.2. The van der Waals surface area contributed by atoms with Gasteiger partial charge in [-0.3, -0.25) is 4.98 Å². The van der Waals surface area contributed by atoms with Gasteiger partial charge in [-0.15, -0.1) is 0 Å². The maximum absolute atomic E-state index is 9.52. The van der Waals surface area contributed by atoms with E-state index in [0.29, 0.717) is 11.0 Å². The van der Waals surface area contributed by atoms with Crippen molar-refractivity contribution in [1.29, 1.82) is 5.26 Å². The molecule has 0 amide bonds. The van der Waals surface area contributed by atoms with E-state index in [-0.39, 0.29) is 0 Å². The summed E-state index contributed by atoms with van der Waals surface area (Å²) in [7, 11) is 0. The number of benzene rings is 1. The molecule has 4 heterocycles. The number of aromatic nitrogens is 1. The Bertz CT molecular complexity index is 1010. The second-order valence-electron chi connectivity index (χ2n) is 10.9. The zero-order valence-corrected chi connectivity index (χ0v) is 19.1. The van der Waals surface area contributed by atoms with Gasteiger partial charge >= 0.3 is 0 Å². The maximum Gasteiger partial charge on any atom is 0.101 e. The van der Waals surface area contributed by atoms with E-state index in [4.69, 9.17) is 0 Å². The number of nitrogens with zero attached hydrogens (tertiary/aromatic N) is 4. The molecule has 1 N–H and O–H groups in total. The van der Waals surface area contributed by atoms with E-state index in [2.05, 4.69) is 38.3 Å². The highest BCUT2D eigenvalue weighted by atomic mass is 15.2. The van der Waals surface area contributed by atoms with Gasteiger partial charge < -0.3 is 15.1 Å². The molecule has 1 aromatic heterocycles. The van der Waals surface area contributed by atoms with Gasteiger partial charge in [0.05, 0.1) is 11.1 Å². The van der Waals surface area contributed by atoms with Crippen LogP contribution in [0.4, 0.5) is 5.69 Å². The van der Waals surface area contributed by atoms with Crippen molar-refractivity contribution in [3.63, 3.8) is 0 Å². The summed E-state index contributed by atoms with van der Waals surface area (Å²) in [5.74, 6) is 2.49. The number of fused-ring (bicyclic) bond motifs is 1. The minimum absolute atomic E-state index is 0.633. The Balaban J connectivity index is 1.18. The molecule has 32 heavy (non-hydrogen) atoms. The van der Waals surface area contributed by atoms with Gasteiger partial charge in [-0.1, -0.05) is 0 Å². The summed E-state index contributed by atoms with van der Waals surface area (Å²) in [6.07, 6.45) is 10.2. The Morgan fingerprint density at radius 1 is 1.06 bits per heavy atom. The molecule has 1 spiro atoms. The van der Waals surface area contributed by atoms with Crippen LogP contribution in [-0.2, 0) is 0 Å². The van der Waals surface area contributed by atoms with Crippen LogP contribution in [0.3, 0.4) is 0 Å². The Morgan fingerprint density at radius 3 is 2.62 bits per heavy atom. The van der Waals surface area contributed by atoms with Gasteiger partial charge in [0.2, 0.25) is 0 Å². The van der Waals surface area contributed by atoms with Crippen LogP contribution < -0.4 is 10.2 Å². The molecule has 3 saturated heterocycles. The lowest BCUT2D eigenvalue weighted by Crippen LogP contribution is -2.47. The standard InChI is InChI=1S/C27H35N5/c28-16-21-5-6-25(23-2-1-11-30-26(21)23)32-18-22(24(19-32)20-3-4-20)17-31-14-9-27(10-15-31)7-12-29-13-8-27/h1-2,5-6,11,20,22,24,29H,3-4,7-10,12-15,17-19H2. The topological polar surface area (TPSA) is 55.2 Å². The summed E-state index contributed by atoms with van der Waals surface area (Å²) < 4.78 is 0. The van der Waals surface area contributed by atoms with Crippen molar-refractivity contribution >= 4 is 16.6 Å². The summed E-state index contributed by atoms with van der Waals surface area (Å²) >= 11 is 0. The van der Waals surface area contributed by atoms with Gasteiger partial charge in [-0.2, -0.15) is 5.26 Å². The number of likely N-dealkylation sites (tertiary alicyclic amines) is 1. The predicted molar refractivity (Wildman–Crippen MR) is 129 cm³/mol. The van der Waals surface area contributed by atoms with Crippen LogP contribution in [0, 0.1) is 34.5 Å². The van der Waals surface area contributed by atoms with Crippen LogP contribution in [0.25, 0.3) is 10.9 Å². The zero-order valence-electron chi connectivity index (χ0n) is 19.1. The third-order valence-electron chi connectivity index (χ3n) is 9.00. The van der Waals surface area contributed by atoms with E-state index in [1.165, 1.54) is 76.9 Å². The second-order valence-corrected chi connectivity index (χ2v) is 10.9. The lowest BCUT2D eigenvalue weighted by Gasteiger charge is -2.45. The molecule has 5 heteroatoms. The monoisotopic (exact) mass is 429 g/mol. The molecule has 5 nitrogen and oxygen atoms in total. The van der Waals surface area contributed by atoms with Crippen molar-refractivity contribution in [2.24, 2.45) is 23.2 Å². The molecule has 1 saturated carbocycles. The molecule has 4 fully saturated rings. The first kappa shape index (κ1) is 20.4. The number of hydrogen-bond acceptors (Lipinski definition) is 5. The Hall–Kier alpha value is -2.16. The number of pyridine rings is 1. The number of piperidine rings is 2. The van der Waals surface area contributed by atoms with Crippen molar-refractivity contribution in [3.8, 4) is 6.07 Å². The van der Waals surface area contributed by atoms with Crippen LogP contribution in [-0.4, -0.2) is 55.7 Å². The highest BCUT2D eigenvalue weighted by molar-refractivity contribution is 5.95. The largest absolute Gasteiger partial charge is 0.370 e. The van der Waals surface area contributed by atoms with Gasteiger partial charge in [0.1, 0.15) is 6.07 Å². The molecule has 3 aliphatic heterocycles. The fourth-order valence-electron chi connectivity index (χ4n) is 6.87. The molecule has 0 radical (unpaired) electrons. The molecule has 168 valence electrons. The van der Waals surface area contributed by atoms with E-state index in [0.717, 1.165) is 41.7 Å². The summed E-state index contributed by atoms with van der Waals surface area (Å²) in [6, 6.07) is 10.6. The van der Waals surface area contributed by atoms with Crippen LogP contribution in [0.1, 0.15) is 44.1 Å². The van der Waals surface area contributed by atoms with Gasteiger partial charge in [0.25, 0.3) is 0 Å². The first-order valence-electron chi connectivity index (χ1n) is 12.7. The Morgan fingerprint density at radius 2 is 1.88 bits per heavy atom. The fourth-order valence-corrected chi connectivity index (χ4v) is 6.87. The number of nitriles is 1. The average molecular weight is 430 g/mol.